The van der Waals surface area contributed by atoms with Gasteiger partial charge in [0.05, 0.1) is 11.6 Å². The molecule has 0 bridgehead atoms. The largest absolute Gasteiger partial charge is 0.466 e. The lowest BCUT2D eigenvalue weighted by Crippen LogP contribution is -2.31. The van der Waals surface area contributed by atoms with Crippen LogP contribution in [-0.4, -0.2) is 32.5 Å². The molecule has 1 aliphatic rings. The number of carbonyl (C=O) groups is 1. The Balaban J connectivity index is 1.89. The van der Waals surface area contributed by atoms with Gasteiger partial charge in [0.2, 0.25) is 0 Å². The van der Waals surface area contributed by atoms with E-state index in [1.807, 2.05) is 25.7 Å². The van der Waals surface area contributed by atoms with Crippen LogP contribution >= 0.6 is 0 Å². The molecule has 0 saturated carbocycles. The maximum absolute atomic E-state index is 12.7. The number of H-pyrrole nitrogens is 1. The normalized spacial score (nSPS) is 18.8. The molecule has 0 aliphatic carbocycles. The van der Waals surface area contributed by atoms with Crippen LogP contribution in [0.1, 0.15) is 52.4 Å². The Morgan fingerprint density at radius 2 is 2.25 bits per heavy atom. The molecule has 2 aromatic heterocycles. The highest BCUT2D eigenvalue weighted by Gasteiger charge is 2.34. The van der Waals surface area contributed by atoms with E-state index in [1.54, 1.807) is 6.07 Å². The minimum atomic E-state index is -0.0398. The maximum atomic E-state index is 12.7. The summed E-state index contributed by atoms with van der Waals surface area (Å²) in [6.07, 6.45) is 1.87. The number of furan rings is 1. The molecule has 6 heteroatoms. The number of hydrogen-bond donors (Lipinski definition) is 1. The van der Waals surface area contributed by atoms with E-state index in [0.29, 0.717) is 17.1 Å². The van der Waals surface area contributed by atoms with Gasteiger partial charge in [0.25, 0.3) is 5.91 Å². The Morgan fingerprint density at radius 3 is 2.85 bits per heavy atom. The average molecular weight is 274 g/mol. The van der Waals surface area contributed by atoms with Crippen molar-refractivity contribution < 1.29 is 9.21 Å². The Morgan fingerprint density at radius 1 is 1.45 bits per heavy atom. The van der Waals surface area contributed by atoms with Crippen LogP contribution in [-0.2, 0) is 0 Å². The van der Waals surface area contributed by atoms with Gasteiger partial charge < -0.3 is 9.32 Å². The molecule has 1 aliphatic heterocycles. The lowest BCUT2D eigenvalue weighted by molar-refractivity contribution is 0.0728. The quantitative estimate of drug-likeness (QED) is 0.911. The zero-order valence-corrected chi connectivity index (χ0v) is 11.9. The number of aryl methyl sites for hydroxylation is 3. The Hall–Kier alpha value is -2.11. The molecule has 0 aromatic carbocycles. The molecule has 1 fully saturated rings. The molecule has 0 unspecified atom stereocenters. The van der Waals surface area contributed by atoms with Crippen LogP contribution in [0.4, 0.5) is 0 Å². The molecule has 20 heavy (non-hydrogen) atoms. The van der Waals surface area contributed by atoms with Gasteiger partial charge in [-0.05, 0) is 39.7 Å². The highest BCUT2D eigenvalue weighted by atomic mass is 16.3. The molecule has 0 radical (unpaired) electrons. The first-order valence-corrected chi connectivity index (χ1v) is 6.83. The van der Waals surface area contributed by atoms with Gasteiger partial charge >= 0.3 is 0 Å². The van der Waals surface area contributed by atoms with Gasteiger partial charge in [0.15, 0.2) is 5.82 Å². The number of likely N-dealkylation sites (tertiary alicyclic amines) is 1. The highest BCUT2D eigenvalue weighted by molar-refractivity contribution is 5.95. The zero-order valence-electron chi connectivity index (χ0n) is 11.9. The smallest absolute Gasteiger partial charge is 0.258 e. The van der Waals surface area contributed by atoms with E-state index in [9.17, 15) is 4.79 Å². The fraction of sp³-hybridized carbons (Fsp3) is 0.500. The minimum Gasteiger partial charge on any atom is -0.466 e. The SMILES string of the molecule is Cc1nc([C@H]2CCCN2C(=O)c2cc(C)oc2C)n[nH]1. The molecule has 1 N–H and O–H groups in total. The summed E-state index contributed by atoms with van der Waals surface area (Å²) >= 11 is 0. The van der Waals surface area contributed by atoms with E-state index in [1.165, 1.54) is 0 Å². The van der Waals surface area contributed by atoms with Crippen LogP contribution in [0, 0.1) is 20.8 Å². The molecule has 0 spiro atoms. The molecule has 1 saturated heterocycles. The van der Waals surface area contributed by atoms with Crippen molar-refractivity contribution in [3.05, 3.63) is 34.8 Å². The van der Waals surface area contributed by atoms with E-state index in [2.05, 4.69) is 15.2 Å². The predicted octanol–water partition coefficient (Wildman–Crippen LogP) is 2.30. The average Bonchev–Trinajstić information content (AvgIpc) is 3.08. The molecule has 6 nitrogen and oxygen atoms in total. The summed E-state index contributed by atoms with van der Waals surface area (Å²) in [6.45, 7) is 6.27. The van der Waals surface area contributed by atoms with Crippen molar-refractivity contribution in [1.82, 2.24) is 20.1 Å². The summed E-state index contributed by atoms with van der Waals surface area (Å²) in [6, 6.07) is 1.76. The molecular formula is C14H18N4O2. The van der Waals surface area contributed by atoms with Crippen LogP contribution in [0.2, 0.25) is 0 Å². The van der Waals surface area contributed by atoms with Gasteiger partial charge in [-0.15, -0.1) is 0 Å². The first-order chi connectivity index (χ1) is 9.56. The molecular weight excluding hydrogens is 256 g/mol. The second-order valence-corrected chi connectivity index (χ2v) is 5.26. The second kappa shape index (κ2) is 4.77. The number of aromatic amines is 1. The molecule has 1 amide bonds. The topological polar surface area (TPSA) is 75.0 Å². The van der Waals surface area contributed by atoms with Crippen molar-refractivity contribution in [2.75, 3.05) is 6.54 Å². The second-order valence-electron chi connectivity index (χ2n) is 5.26. The number of aromatic nitrogens is 3. The molecule has 3 heterocycles. The van der Waals surface area contributed by atoms with Gasteiger partial charge in [0, 0.05) is 6.54 Å². The fourth-order valence-corrected chi connectivity index (χ4v) is 2.79. The summed E-state index contributed by atoms with van der Waals surface area (Å²) in [5, 5.41) is 7.04. The minimum absolute atomic E-state index is 0.00398. The van der Waals surface area contributed by atoms with Gasteiger partial charge in [-0.1, -0.05) is 0 Å². The third kappa shape index (κ3) is 2.11. The molecule has 106 valence electrons. The van der Waals surface area contributed by atoms with Crippen molar-refractivity contribution in [1.29, 1.82) is 0 Å². The lowest BCUT2D eigenvalue weighted by Gasteiger charge is -2.22. The number of nitrogens with zero attached hydrogens (tertiary/aromatic N) is 3. The van der Waals surface area contributed by atoms with Crippen molar-refractivity contribution in [2.24, 2.45) is 0 Å². The first-order valence-electron chi connectivity index (χ1n) is 6.83. The van der Waals surface area contributed by atoms with Crippen LogP contribution in [0.25, 0.3) is 0 Å². The summed E-state index contributed by atoms with van der Waals surface area (Å²) in [4.78, 5) is 18.9. The number of nitrogens with one attached hydrogen (secondary N) is 1. The molecule has 3 rings (SSSR count). The molecule has 1 atom stereocenters. The van der Waals surface area contributed by atoms with Gasteiger partial charge in [0.1, 0.15) is 17.3 Å². The number of hydrogen-bond acceptors (Lipinski definition) is 4. The maximum Gasteiger partial charge on any atom is 0.258 e. The van der Waals surface area contributed by atoms with E-state index >= 15 is 0 Å². The van der Waals surface area contributed by atoms with Crippen molar-refractivity contribution in [3.63, 3.8) is 0 Å². The standard InChI is InChI=1S/C14H18N4O2/c1-8-7-11(9(2)20-8)14(19)18-6-4-5-12(18)13-15-10(3)16-17-13/h7,12H,4-6H2,1-3H3,(H,15,16,17)/t12-/m1/s1. The van der Waals surface area contributed by atoms with Crippen molar-refractivity contribution in [3.8, 4) is 0 Å². The van der Waals surface area contributed by atoms with Crippen LogP contribution in [0.3, 0.4) is 0 Å². The van der Waals surface area contributed by atoms with Gasteiger partial charge in [-0.3, -0.25) is 9.89 Å². The lowest BCUT2D eigenvalue weighted by atomic mass is 10.1. The van der Waals surface area contributed by atoms with E-state index < -0.39 is 0 Å². The van der Waals surface area contributed by atoms with E-state index in [0.717, 1.165) is 31.0 Å². The summed E-state index contributed by atoms with van der Waals surface area (Å²) in [7, 11) is 0. The summed E-state index contributed by atoms with van der Waals surface area (Å²) in [5.41, 5.74) is 0.640. The Kier molecular flexibility index (Phi) is 3.08. The monoisotopic (exact) mass is 274 g/mol. The third-order valence-corrected chi connectivity index (χ3v) is 3.70. The third-order valence-electron chi connectivity index (χ3n) is 3.70. The predicted molar refractivity (Wildman–Crippen MR) is 72.3 cm³/mol. The van der Waals surface area contributed by atoms with E-state index in [-0.39, 0.29) is 11.9 Å². The highest BCUT2D eigenvalue weighted by Crippen LogP contribution is 2.32. The van der Waals surface area contributed by atoms with E-state index in [4.69, 9.17) is 4.42 Å². The van der Waals surface area contributed by atoms with Crippen LogP contribution in [0.15, 0.2) is 10.5 Å². The van der Waals surface area contributed by atoms with Crippen LogP contribution < -0.4 is 0 Å². The van der Waals surface area contributed by atoms with Gasteiger partial charge in [-0.2, -0.15) is 5.10 Å². The van der Waals surface area contributed by atoms with Crippen molar-refractivity contribution >= 4 is 5.91 Å². The number of rotatable bonds is 2. The van der Waals surface area contributed by atoms with Gasteiger partial charge in [-0.25, -0.2) is 4.98 Å². The van der Waals surface area contributed by atoms with Crippen molar-refractivity contribution in [2.45, 2.75) is 39.7 Å². The zero-order chi connectivity index (χ0) is 14.3. The summed E-state index contributed by atoms with van der Waals surface area (Å²) in [5.74, 6) is 2.91. The Bertz CT molecular complexity index is 643. The number of carbonyl (C=O) groups excluding carboxylic acids is 1. The Labute approximate surface area is 117 Å². The summed E-state index contributed by atoms with van der Waals surface area (Å²) < 4.78 is 5.46. The number of amides is 1. The fourth-order valence-electron chi connectivity index (χ4n) is 2.79. The molecule has 2 aromatic rings. The first kappa shape index (κ1) is 12.9. The van der Waals surface area contributed by atoms with Crippen LogP contribution in [0.5, 0.6) is 0 Å².